The third-order valence-electron chi connectivity index (χ3n) is 4.93. The minimum Gasteiger partial charge on any atom is -0.383 e. The molecule has 0 saturated heterocycles. The van der Waals surface area contributed by atoms with Crippen LogP contribution in [0.3, 0.4) is 0 Å². The van der Waals surface area contributed by atoms with Gasteiger partial charge in [-0.1, -0.05) is 36.7 Å². The smallest absolute Gasteiger partial charge is 0.317 e. The molecule has 1 N–H and O–H groups in total. The fourth-order valence-corrected chi connectivity index (χ4v) is 4.16. The van der Waals surface area contributed by atoms with Gasteiger partial charge in [-0.15, -0.1) is 11.3 Å². The van der Waals surface area contributed by atoms with E-state index in [9.17, 15) is 9.59 Å². The lowest BCUT2D eigenvalue weighted by Gasteiger charge is -2.27. The van der Waals surface area contributed by atoms with Crippen molar-refractivity contribution in [2.45, 2.75) is 25.8 Å². The summed E-state index contributed by atoms with van der Waals surface area (Å²) < 4.78 is 5.12. The lowest BCUT2D eigenvalue weighted by Crippen LogP contribution is -2.47. The molecule has 0 fully saturated rings. The van der Waals surface area contributed by atoms with E-state index in [1.165, 1.54) is 9.91 Å². The average molecular weight is 463 g/mol. The molecule has 1 atom stereocenters. The second-order valence-corrected chi connectivity index (χ2v) is 8.56. The first kappa shape index (κ1) is 23.2. The maximum absolute atomic E-state index is 13.3. The highest BCUT2D eigenvalue weighted by Gasteiger charge is 2.34. The van der Waals surface area contributed by atoms with Crippen molar-refractivity contribution in [1.82, 2.24) is 15.2 Å². The Hall–Kier alpha value is -2.42. The number of halogens is 1. The molecule has 2 heterocycles. The fraction of sp³-hybridized carbons (Fsp3) is 0.409. The van der Waals surface area contributed by atoms with Crippen LogP contribution in [0.2, 0.25) is 5.02 Å². The monoisotopic (exact) mass is 462 g/mol. The highest BCUT2D eigenvalue weighted by Crippen LogP contribution is 2.34. The minimum atomic E-state index is -0.281. The third kappa shape index (κ3) is 6.06. The van der Waals surface area contributed by atoms with E-state index >= 15 is 0 Å². The first-order valence-corrected chi connectivity index (χ1v) is 11.5. The van der Waals surface area contributed by atoms with Crippen molar-refractivity contribution in [3.05, 3.63) is 57.2 Å². The molecule has 0 radical (unpaired) electrons. The van der Waals surface area contributed by atoms with Gasteiger partial charge in [-0.2, -0.15) is 5.10 Å². The summed E-state index contributed by atoms with van der Waals surface area (Å²) in [6.07, 6.45) is 1.42. The molecule has 3 amide bonds. The van der Waals surface area contributed by atoms with Gasteiger partial charge in [0.1, 0.15) is 6.54 Å². The number of hydrogen-bond donors (Lipinski definition) is 1. The first-order valence-electron chi connectivity index (χ1n) is 10.2. The van der Waals surface area contributed by atoms with Crippen LogP contribution in [0.1, 0.15) is 36.2 Å². The number of nitrogens with one attached hydrogen (secondary N) is 1. The normalized spacial score (nSPS) is 15.6. The Morgan fingerprint density at radius 2 is 2.10 bits per heavy atom. The van der Waals surface area contributed by atoms with Crippen LogP contribution in [0.5, 0.6) is 0 Å². The second kappa shape index (κ2) is 11.3. The van der Waals surface area contributed by atoms with E-state index in [1.54, 1.807) is 18.4 Å². The molecule has 0 spiro atoms. The number of nitrogens with zero attached hydrogens (tertiary/aromatic N) is 3. The number of benzene rings is 1. The van der Waals surface area contributed by atoms with Crippen molar-refractivity contribution >= 4 is 40.6 Å². The van der Waals surface area contributed by atoms with E-state index in [2.05, 4.69) is 10.4 Å². The quantitative estimate of drug-likeness (QED) is 0.608. The second-order valence-electron chi connectivity index (χ2n) is 7.18. The average Bonchev–Trinajstić information content (AvgIpc) is 3.45. The van der Waals surface area contributed by atoms with Crippen LogP contribution >= 0.6 is 22.9 Å². The molecule has 7 nitrogen and oxygen atoms in total. The van der Waals surface area contributed by atoms with Crippen LogP contribution in [0.4, 0.5) is 4.79 Å². The molecule has 1 aromatic heterocycles. The Morgan fingerprint density at radius 3 is 2.74 bits per heavy atom. The Morgan fingerprint density at radius 1 is 1.32 bits per heavy atom. The summed E-state index contributed by atoms with van der Waals surface area (Å²) in [6, 6.07) is 10.9. The number of carbonyl (C=O) groups is 2. The molecular formula is C22H27ClN4O3S. The molecule has 1 aliphatic rings. The summed E-state index contributed by atoms with van der Waals surface area (Å²) in [6.45, 7) is 3.11. The number of hydrazone groups is 1. The van der Waals surface area contributed by atoms with E-state index in [4.69, 9.17) is 16.3 Å². The molecule has 166 valence electrons. The number of ether oxygens (including phenoxy) is 1. The van der Waals surface area contributed by atoms with Gasteiger partial charge in [-0.05, 0) is 35.6 Å². The molecule has 31 heavy (non-hydrogen) atoms. The van der Waals surface area contributed by atoms with Crippen molar-refractivity contribution in [2.24, 2.45) is 5.10 Å². The molecular weight excluding hydrogens is 436 g/mol. The number of rotatable bonds is 9. The van der Waals surface area contributed by atoms with Gasteiger partial charge in [-0.25, -0.2) is 9.80 Å². The molecule has 1 aliphatic heterocycles. The zero-order chi connectivity index (χ0) is 22.2. The standard InChI is InChI=1S/C22H27ClN4O3S/c1-3-10-24-22(29)26(11-12-30-2)15-21(28)27-19(16-6-8-17(23)9-7-16)14-18(25-27)20-5-4-13-31-20/h4-9,13,19H,3,10-12,14-15H2,1-2H3,(H,24,29)/t19-/m1/s1. The maximum Gasteiger partial charge on any atom is 0.317 e. The molecule has 0 aliphatic carbocycles. The molecule has 0 unspecified atom stereocenters. The zero-order valence-electron chi connectivity index (χ0n) is 17.7. The molecule has 2 aromatic rings. The molecule has 1 aromatic carbocycles. The van der Waals surface area contributed by atoms with Crippen LogP contribution in [-0.2, 0) is 9.53 Å². The molecule has 3 rings (SSSR count). The van der Waals surface area contributed by atoms with Gasteiger partial charge in [0.2, 0.25) is 0 Å². The number of methoxy groups -OCH3 is 1. The maximum atomic E-state index is 13.3. The number of carbonyl (C=O) groups excluding carboxylic acids is 2. The van der Waals surface area contributed by atoms with Crippen LogP contribution in [-0.4, -0.2) is 60.9 Å². The Bertz CT molecular complexity index is 902. The fourth-order valence-electron chi connectivity index (χ4n) is 3.31. The van der Waals surface area contributed by atoms with E-state index in [0.29, 0.717) is 31.1 Å². The summed E-state index contributed by atoms with van der Waals surface area (Å²) in [7, 11) is 1.57. The van der Waals surface area contributed by atoms with E-state index in [1.807, 2.05) is 48.7 Å². The molecule has 9 heteroatoms. The first-order chi connectivity index (χ1) is 15.0. The van der Waals surface area contributed by atoms with E-state index in [0.717, 1.165) is 22.6 Å². The van der Waals surface area contributed by atoms with Crippen molar-refractivity contribution < 1.29 is 14.3 Å². The predicted octanol–water partition coefficient (Wildman–Crippen LogP) is 4.15. The van der Waals surface area contributed by atoms with Crippen molar-refractivity contribution in [3.63, 3.8) is 0 Å². The highest BCUT2D eigenvalue weighted by molar-refractivity contribution is 7.12. The number of amides is 3. The lowest BCUT2D eigenvalue weighted by atomic mass is 10.0. The highest BCUT2D eigenvalue weighted by atomic mass is 35.5. The Kier molecular flexibility index (Phi) is 8.45. The Balaban J connectivity index is 1.82. The topological polar surface area (TPSA) is 74.2 Å². The summed E-state index contributed by atoms with van der Waals surface area (Å²) in [5.74, 6) is -0.241. The minimum absolute atomic E-state index is 0.0791. The van der Waals surface area contributed by atoms with Crippen molar-refractivity contribution in [3.8, 4) is 0 Å². The number of urea groups is 1. The van der Waals surface area contributed by atoms with Gasteiger partial charge in [0.25, 0.3) is 5.91 Å². The molecule has 0 bridgehead atoms. The van der Waals surface area contributed by atoms with Crippen molar-refractivity contribution in [2.75, 3.05) is 33.4 Å². The Labute approximate surface area is 191 Å². The lowest BCUT2D eigenvalue weighted by molar-refractivity contribution is -0.133. The van der Waals surface area contributed by atoms with Crippen molar-refractivity contribution in [1.29, 1.82) is 0 Å². The molecule has 0 saturated carbocycles. The van der Waals surface area contributed by atoms with Crippen LogP contribution in [0.15, 0.2) is 46.9 Å². The van der Waals surface area contributed by atoms with Gasteiger partial charge >= 0.3 is 6.03 Å². The summed E-state index contributed by atoms with van der Waals surface area (Å²) in [4.78, 5) is 28.3. The van der Waals surface area contributed by atoms with Crippen LogP contribution in [0.25, 0.3) is 0 Å². The zero-order valence-corrected chi connectivity index (χ0v) is 19.3. The van der Waals surface area contributed by atoms with Gasteiger partial charge in [0.15, 0.2) is 0 Å². The van der Waals surface area contributed by atoms with E-state index < -0.39 is 0 Å². The number of hydrogen-bond acceptors (Lipinski definition) is 5. The van der Waals surface area contributed by atoms with E-state index in [-0.39, 0.29) is 24.5 Å². The summed E-state index contributed by atoms with van der Waals surface area (Å²) in [5, 5.41) is 11.6. The van der Waals surface area contributed by atoms with Gasteiger partial charge in [-0.3, -0.25) is 4.79 Å². The third-order valence-corrected chi connectivity index (χ3v) is 6.10. The SMILES string of the molecule is CCCNC(=O)N(CCOC)CC(=O)N1N=C(c2cccs2)C[C@@H]1c1ccc(Cl)cc1. The van der Waals surface area contributed by atoms with Gasteiger partial charge < -0.3 is 15.0 Å². The van der Waals surface area contributed by atoms with Gasteiger partial charge in [0, 0.05) is 31.6 Å². The van der Waals surface area contributed by atoms with Crippen LogP contribution in [0, 0.1) is 0 Å². The largest absolute Gasteiger partial charge is 0.383 e. The summed E-state index contributed by atoms with van der Waals surface area (Å²) >= 11 is 7.64. The summed E-state index contributed by atoms with van der Waals surface area (Å²) in [5.41, 5.74) is 1.81. The van der Waals surface area contributed by atoms with Crippen LogP contribution < -0.4 is 5.32 Å². The predicted molar refractivity (Wildman–Crippen MR) is 124 cm³/mol. The number of thiophene rings is 1. The van der Waals surface area contributed by atoms with Gasteiger partial charge in [0.05, 0.1) is 23.2 Å².